The molecule has 8 heteroatoms. The third kappa shape index (κ3) is 6.07. The number of aliphatic hydroxyl groups is 1. The van der Waals surface area contributed by atoms with E-state index in [4.69, 9.17) is 18.9 Å². The van der Waals surface area contributed by atoms with Crippen molar-refractivity contribution in [3.8, 4) is 11.5 Å². The Balaban J connectivity index is 1.59. The highest BCUT2D eigenvalue weighted by Crippen LogP contribution is 2.44. The Morgan fingerprint density at radius 2 is 1.46 bits per heavy atom. The van der Waals surface area contributed by atoms with Crippen LogP contribution in [-0.4, -0.2) is 55.0 Å². The van der Waals surface area contributed by atoms with E-state index in [2.05, 4.69) is 6.58 Å². The lowest BCUT2D eigenvalue weighted by molar-refractivity contribution is -0.165. The van der Waals surface area contributed by atoms with Crippen LogP contribution in [-0.2, 0) is 20.9 Å². The number of amides is 1. The van der Waals surface area contributed by atoms with Gasteiger partial charge in [-0.2, -0.15) is 0 Å². The zero-order chi connectivity index (χ0) is 27.9. The maximum Gasteiger partial charge on any atom is 0.508 e. The first-order chi connectivity index (χ1) is 18.9. The van der Waals surface area contributed by atoms with Gasteiger partial charge < -0.3 is 29.0 Å². The first-order valence-corrected chi connectivity index (χ1v) is 12.6. The molecule has 39 heavy (non-hydrogen) atoms. The molecule has 3 aromatic rings. The highest BCUT2D eigenvalue weighted by atomic mass is 16.7. The Hall–Kier alpha value is -4.30. The van der Waals surface area contributed by atoms with Crippen LogP contribution < -0.4 is 9.47 Å². The maximum atomic E-state index is 13.8. The number of hydrogen-bond donors (Lipinski definition) is 1. The minimum Gasteiger partial charge on any atom is -0.497 e. The zero-order valence-electron chi connectivity index (χ0n) is 22.3. The second-order valence-corrected chi connectivity index (χ2v) is 9.33. The zero-order valence-corrected chi connectivity index (χ0v) is 22.3. The summed E-state index contributed by atoms with van der Waals surface area (Å²) in [4.78, 5) is 27.9. The number of benzene rings is 3. The van der Waals surface area contributed by atoms with Crippen molar-refractivity contribution in [3.05, 3.63) is 108 Å². The number of β-lactam (4-membered cyclic amide) rings is 1. The standard InChI is InChI=1S/C31H33NO7/c1-20(18-33)28-27(21(2)39-31(35)38-19-22-8-6-5-7-9-22)30(34)32(28)29(23-10-14-25(36-3)15-11-23)24-12-16-26(37-4)17-13-24/h5-17,21,27-29,33H,1,18-19H2,2-4H3/t21?,27-,28-/m1/s1. The summed E-state index contributed by atoms with van der Waals surface area (Å²) >= 11 is 0. The molecule has 0 aromatic heterocycles. The summed E-state index contributed by atoms with van der Waals surface area (Å²) in [6.07, 6.45) is -1.68. The summed E-state index contributed by atoms with van der Waals surface area (Å²) in [5.74, 6) is 0.419. The second-order valence-electron chi connectivity index (χ2n) is 9.33. The Bertz CT molecular complexity index is 1230. The Kier molecular flexibility index (Phi) is 8.88. The molecule has 1 saturated heterocycles. The Labute approximate surface area is 228 Å². The molecule has 1 aliphatic rings. The van der Waals surface area contributed by atoms with Crippen LogP contribution in [0.1, 0.15) is 29.7 Å². The minimum atomic E-state index is -0.868. The van der Waals surface area contributed by atoms with Crippen molar-refractivity contribution in [2.75, 3.05) is 20.8 Å². The van der Waals surface area contributed by atoms with Crippen LogP contribution in [0.15, 0.2) is 91.0 Å². The van der Waals surface area contributed by atoms with Gasteiger partial charge in [-0.25, -0.2) is 4.79 Å². The topological polar surface area (TPSA) is 94.5 Å². The number of likely N-dealkylation sites (tertiary alicyclic amines) is 1. The molecule has 3 atom stereocenters. The summed E-state index contributed by atoms with van der Waals surface area (Å²) in [6.45, 7) is 5.42. The molecule has 0 saturated carbocycles. The molecule has 1 N–H and O–H groups in total. The van der Waals surface area contributed by atoms with Crippen LogP contribution in [0.2, 0.25) is 0 Å². The van der Waals surface area contributed by atoms with E-state index >= 15 is 0 Å². The first kappa shape index (κ1) is 27.7. The fraction of sp³-hybridized carbons (Fsp3) is 0.290. The van der Waals surface area contributed by atoms with Gasteiger partial charge in [0.05, 0.1) is 38.8 Å². The van der Waals surface area contributed by atoms with Gasteiger partial charge in [-0.15, -0.1) is 0 Å². The van der Waals surface area contributed by atoms with E-state index < -0.39 is 30.3 Å². The van der Waals surface area contributed by atoms with E-state index in [0.29, 0.717) is 17.1 Å². The molecule has 0 radical (unpaired) electrons. The van der Waals surface area contributed by atoms with Gasteiger partial charge in [0.25, 0.3) is 0 Å². The summed E-state index contributed by atoms with van der Waals surface area (Å²) in [5.41, 5.74) is 2.96. The minimum absolute atomic E-state index is 0.0565. The molecule has 0 bridgehead atoms. The Morgan fingerprint density at radius 3 is 1.95 bits per heavy atom. The van der Waals surface area contributed by atoms with Crippen LogP contribution in [0.5, 0.6) is 11.5 Å². The molecule has 1 amide bonds. The third-order valence-electron chi connectivity index (χ3n) is 6.93. The van der Waals surface area contributed by atoms with E-state index in [1.807, 2.05) is 78.9 Å². The van der Waals surface area contributed by atoms with Crippen molar-refractivity contribution in [3.63, 3.8) is 0 Å². The van der Waals surface area contributed by atoms with Gasteiger partial charge in [-0.1, -0.05) is 61.2 Å². The summed E-state index contributed by atoms with van der Waals surface area (Å²) in [7, 11) is 3.18. The number of rotatable bonds is 11. The van der Waals surface area contributed by atoms with Gasteiger partial charge in [0.15, 0.2) is 0 Å². The molecule has 1 heterocycles. The number of ether oxygens (including phenoxy) is 4. The maximum absolute atomic E-state index is 13.8. The number of carbonyl (C=O) groups is 2. The molecule has 204 valence electrons. The van der Waals surface area contributed by atoms with Crippen LogP contribution >= 0.6 is 0 Å². The monoisotopic (exact) mass is 531 g/mol. The van der Waals surface area contributed by atoms with E-state index in [-0.39, 0.29) is 19.1 Å². The van der Waals surface area contributed by atoms with Gasteiger partial charge in [-0.3, -0.25) is 4.79 Å². The molecule has 1 aliphatic heterocycles. The summed E-state index contributed by atoms with van der Waals surface area (Å²) in [6, 6.07) is 23.1. The van der Waals surface area contributed by atoms with E-state index in [1.54, 1.807) is 26.0 Å². The van der Waals surface area contributed by atoms with Crippen molar-refractivity contribution in [1.29, 1.82) is 0 Å². The number of nitrogens with zero attached hydrogens (tertiary/aromatic N) is 1. The largest absolute Gasteiger partial charge is 0.508 e. The lowest BCUT2D eigenvalue weighted by Gasteiger charge is -2.53. The van der Waals surface area contributed by atoms with Crippen molar-refractivity contribution in [2.45, 2.75) is 31.7 Å². The van der Waals surface area contributed by atoms with Gasteiger partial charge >= 0.3 is 6.16 Å². The van der Waals surface area contributed by atoms with Gasteiger partial charge in [-0.05, 0) is 53.5 Å². The normalized spacial score (nSPS) is 17.3. The molecule has 3 aromatic carbocycles. The van der Waals surface area contributed by atoms with Crippen molar-refractivity contribution in [1.82, 2.24) is 4.90 Å². The predicted molar refractivity (Wildman–Crippen MR) is 145 cm³/mol. The quantitative estimate of drug-likeness (QED) is 0.213. The SMILES string of the molecule is C=C(CO)[C@@H]1[C@@H](C(C)OC(=O)OCc2ccccc2)C(=O)N1C(c1ccc(OC)cc1)c1ccc(OC)cc1. The fourth-order valence-corrected chi connectivity index (χ4v) is 4.89. The molecule has 0 spiro atoms. The molecular weight excluding hydrogens is 498 g/mol. The smallest absolute Gasteiger partial charge is 0.497 e. The summed E-state index contributed by atoms with van der Waals surface area (Å²) in [5, 5.41) is 10.0. The van der Waals surface area contributed by atoms with E-state index in [1.165, 1.54) is 0 Å². The van der Waals surface area contributed by atoms with Gasteiger partial charge in [0.2, 0.25) is 5.91 Å². The van der Waals surface area contributed by atoms with Crippen LogP contribution in [0, 0.1) is 5.92 Å². The first-order valence-electron chi connectivity index (χ1n) is 12.6. The molecule has 0 aliphatic carbocycles. The van der Waals surface area contributed by atoms with Crippen molar-refractivity contribution in [2.24, 2.45) is 5.92 Å². The number of methoxy groups -OCH3 is 2. The molecule has 1 fully saturated rings. The lowest BCUT2D eigenvalue weighted by Crippen LogP contribution is -2.66. The van der Waals surface area contributed by atoms with Crippen LogP contribution in [0.3, 0.4) is 0 Å². The second kappa shape index (κ2) is 12.5. The van der Waals surface area contributed by atoms with E-state index in [0.717, 1.165) is 16.7 Å². The molecule has 1 unspecified atom stereocenters. The summed E-state index contributed by atoms with van der Waals surface area (Å²) < 4.78 is 21.4. The van der Waals surface area contributed by atoms with E-state index in [9.17, 15) is 14.7 Å². The van der Waals surface area contributed by atoms with Crippen LogP contribution in [0.4, 0.5) is 4.79 Å². The molecular formula is C31H33NO7. The number of carbonyl (C=O) groups excluding carboxylic acids is 2. The highest BCUT2D eigenvalue weighted by Gasteiger charge is 2.55. The predicted octanol–water partition coefficient (Wildman–Crippen LogP) is 4.91. The average Bonchev–Trinajstić information content (AvgIpc) is 2.97. The molecule has 8 nitrogen and oxygen atoms in total. The van der Waals surface area contributed by atoms with Gasteiger partial charge in [0.1, 0.15) is 24.2 Å². The van der Waals surface area contributed by atoms with Gasteiger partial charge in [0, 0.05) is 0 Å². The Morgan fingerprint density at radius 1 is 0.923 bits per heavy atom. The number of hydrogen-bond acceptors (Lipinski definition) is 7. The lowest BCUT2D eigenvalue weighted by atomic mass is 9.76. The fourth-order valence-electron chi connectivity index (χ4n) is 4.89. The van der Waals surface area contributed by atoms with Crippen molar-refractivity contribution < 1.29 is 33.6 Å². The van der Waals surface area contributed by atoms with Crippen LogP contribution in [0.25, 0.3) is 0 Å². The van der Waals surface area contributed by atoms with Crippen molar-refractivity contribution >= 4 is 12.1 Å². The highest BCUT2D eigenvalue weighted by molar-refractivity contribution is 5.89. The molecule has 4 rings (SSSR count). The number of aliphatic hydroxyl groups excluding tert-OH is 1. The average molecular weight is 532 g/mol. The third-order valence-corrected chi connectivity index (χ3v) is 6.93.